The highest BCUT2D eigenvalue weighted by Gasteiger charge is 2.27. The fourth-order valence-corrected chi connectivity index (χ4v) is 2.42. The van der Waals surface area contributed by atoms with Crippen LogP contribution in [0.25, 0.3) is 11.4 Å². The van der Waals surface area contributed by atoms with E-state index in [0.29, 0.717) is 5.92 Å². The lowest BCUT2D eigenvalue weighted by molar-refractivity contribution is 0.935. The molecule has 1 aromatic heterocycles. The van der Waals surface area contributed by atoms with Crippen LogP contribution in [0, 0.1) is 6.92 Å². The third-order valence-electron chi connectivity index (χ3n) is 2.77. The third kappa shape index (κ3) is 1.89. The molecule has 3 nitrogen and oxygen atoms in total. The summed E-state index contributed by atoms with van der Waals surface area (Å²) < 4.78 is 1.07. The van der Waals surface area contributed by atoms with Gasteiger partial charge in [-0.3, -0.25) is 5.10 Å². The second kappa shape index (κ2) is 3.70. The van der Waals surface area contributed by atoms with E-state index in [0.717, 1.165) is 21.7 Å². The zero-order valence-electron chi connectivity index (χ0n) is 9.00. The lowest BCUT2D eigenvalue weighted by Crippen LogP contribution is -1.84. The first-order valence-corrected chi connectivity index (χ1v) is 6.21. The molecule has 16 heavy (non-hydrogen) atoms. The van der Waals surface area contributed by atoms with Crippen molar-refractivity contribution in [2.75, 3.05) is 0 Å². The average Bonchev–Trinajstić information content (AvgIpc) is 2.95. The molecular weight excluding hydrogens is 266 g/mol. The molecule has 1 aromatic carbocycles. The number of rotatable bonds is 2. The van der Waals surface area contributed by atoms with Gasteiger partial charge in [0.15, 0.2) is 5.82 Å². The normalized spacial score (nSPS) is 15.4. The topological polar surface area (TPSA) is 41.6 Å². The summed E-state index contributed by atoms with van der Waals surface area (Å²) in [4.78, 5) is 4.54. The molecule has 1 N–H and O–H groups in total. The van der Waals surface area contributed by atoms with Gasteiger partial charge < -0.3 is 0 Å². The molecule has 0 amide bonds. The molecule has 0 unspecified atom stereocenters. The van der Waals surface area contributed by atoms with Crippen molar-refractivity contribution in [2.45, 2.75) is 25.7 Å². The van der Waals surface area contributed by atoms with Gasteiger partial charge >= 0.3 is 0 Å². The Kier molecular flexibility index (Phi) is 2.32. The van der Waals surface area contributed by atoms with Gasteiger partial charge in [-0.2, -0.15) is 5.10 Å². The highest BCUT2D eigenvalue weighted by Crippen LogP contribution is 2.38. The van der Waals surface area contributed by atoms with E-state index in [-0.39, 0.29) is 0 Å². The lowest BCUT2D eigenvalue weighted by Gasteiger charge is -1.99. The molecular formula is C12H12BrN3. The van der Waals surface area contributed by atoms with Crippen molar-refractivity contribution in [3.8, 4) is 11.4 Å². The van der Waals surface area contributed by atoms with Crippen LogP contribution in [0.3, 0.4) is 0 Å². The SMILES string of the molecule is Cc1cc(Br)cc(-c2n[nH]c(C3CC3)n2)c1. The van der Waals surface area contributed by atoms with Gasteiger partial charge in [-0.1, -0.05) is 15.9 Å². The van der Waals surface area contributed by atoms with Crippen molar-refractivity contribution in [3.05, 3.63) is 34.1 Å². The van der Waals surface area contributed by atoms with Crippen LogP contribution < -0.4 is 0 Å². The maximum Gasteiger partial charge on any atom is 0.181 e. The minimum absolute atomic E-state index is 0.620. The molecule has 0 atom stereocenters. The maximum atomic E-state index is 4.54. The van der Waals surface area contributed by atoms with Gasteiger partial charge in [0.25, 0.3) is 0 Å². The van der Waals surface area contributed by atoms with Gasteiger partial charge in [0.1, 0.15) is 5.82 Å². The number of hydrogen-bond donors (Lipinski definition) is 1. The fourth-order valence-electron chi connectivity index (χ4n) is 1.81. The average molecular weight is 278 g/mol. The van der Waals surface area contributed by atoms with Gasteiger partial charge in [0.05, 0.1) is 0 Å². The summed E-state index contributed by atoms with van der Waals surface area (Å²) in [5.41, 5.74) is 2.28. The Bertz CT molecular complexity index is 509. The summed E-state index contributed by atoms with van der Waals surface area (Å²) in [6.07, 6.45) is 2.48. The van der Waals surface area contributed by atoms with Crippen LogP contribution in [-0.2, 0) is 0 Å². The number of benzene rings is 1. The molecule has 1 aliphatic rings. The van der Waals surface area contributed by atoms with Crippen LogP contribution in [-0.4, -0.2) is 15.2 Å². The van der Waals surface area contributed by atoms with Gasteiger partial charge in [-0.15, -0.1) is 0 Å². The largest absolute Gasteiger partial charge is 0.262 e. The molecule has 1 heterocycles. The number of nitrogens with zero attached hydrogens (tertiary/aromatic N) is 2. The first-order valence-electron chi connectivity index (χ1n) is 5.42. The number of aromatic amines is 1. The molecule has 1 aliphatic carbocycles. The molecule has 0 saturated heterocycles. The lowest BCUT2D eigenvalue weighted by atomic mass is 10.1. The Labute approximate surface area is 102 Å². The number of halogens is 1. The van der Waals surface area contributed by atoms with E-state index < -0.39 is 0 Å². The van der Waals surface area contributed by atoms with Gasteiger partial charge in [0.2, 0.25) is 0 Å². The first-order chi connectivity index (χ1) is 7.72. The molecule has 0 bridgehead atoms. The number of hydrogen-bond acceptors (Lipinski definition) is 2. The molecule has 1 saturated carbocycles. The van der Waals surface area contributed by atoms with Crippen LogP contribution in [0.15, 0.2) is 22.7 Å². The summed E-state index contributed by atoms with van der Waals surface area (Å²) in [5, 5.41) is 7.30. The number of H-pyrrole nitrogens is 1. The molecule has 3 rings (SSSR count). The second-order valence-electron chi connectivity index (χ2n) is 4.34. The minimum Gasteiger partial charge on any atom is -0.262 e. The molecule has 1 fully saturated rings. The highest BCUT2D eigenvalue weighted by molar-refractivity contribution is 9.10. The molecule has 2 aromatic rings. The molecule has 0 spiro atoms. The van der Waals surface area contributed by atoms with Gasteiger partial charge in [-0.05, 0) is 43.5 Å². The van der Waals surface area contributed by atoms with Crippen molar-refractivity contribution in [1.29, 1.82) is 0 Å². The van der Waals surface area contributed by atoms with Crippen molar-refractivity contribution in [2.24, 2.45) is 0 Å². The zero-order chi connectivity index (χ0) is 11.1. The monoisotopic (exact) mass is 277 g/mol. The van der Waals surface area contributed by atoms with E-state index in [1.807, 2.05) is 6.07 Å². The molecule has 4 heteroatoms. The standard InChI is InChI=1S/C12H12BrN3/c1-7-4-9(6-10(13)5-7)12-14-11(15-16-12)8-2-3-8/h4-6,8H,2-3H2,1H3,(H,14,15,16). The van der Waals surface area contributed by atoms with E-state index in [9.17, 15) is 0 Å². The minimum atomic E-state index is 0.620. The highest BCUT2D eigenvalue weighted by atomic mass is 79.9. The summed E-state index contributed by atoms with van der Waals surface area (Å²) in [6.45, 7) is 2.07. The fraction of sp³-hybridized carbons (Fsp3) is 0.333. The Morgan fingerprint density at radius 3 is 2.81 bits per heavy atom. The quantitative estimate of drug-likeness (QED) is 0.914. The predicted molar refractivity (Wildman–Crippen MR) is 66.2 cm³/mol. The number of aryl methyl sites for hydroxylation is 1. The number of aromatic nitrogens is 3. The summed E-state index contributed by atoms with van der Waals surface area (Å²) in [5.74, 6) is 2.45. The molecule has 0 radical (unpaired) electrons. The Hall–Kier alpha value is -1.16. The first kappa shape index (κ1) is 10.0. The van der Waals surface area contributed by atoms with E-state index >= 15 is 0 Å². The van der Waals surface area contributed by atoms with Crippen molar-refractivity contribution in [3.63, 3.8) is 0 Å². The van der Waals surface area contributed by atoms with Crippen LogP contribution in [0.5, 0.6) is 0 Å². The van der Waals surface area contributed by atoms with Crippen LogP contribution in [0.2, 0.25) is 0 Å². The predicted octanol–water partition coefficient (Wildman–Crippen LogP) is 3.42. The van der Waals surface area contributed by atoms with Crippen LogP contribution >= 0.6 is 15.9 Å². The van der Waals surface area contributed by atoms with Crippen molar-refractivity contribution in [1.82, 2.24) is 15.2 Å². The van der Waals surface area contributed by atoms with Gasteiger partial charge in [0, 0.05) is 16.0 Å². The van der Waals surface area contributed by atoms with E-state index in [1.165, 1.54) is 18.4 Å². The third-order valence-corrected chi connectivity index (χ3v) is 3.22. The van der Waals surface area contributed by atoms with Crippen LogP contribution in [0.4, 0.5) is 0 Å². The van der Waals surface area contributed by atoms with Crippen molar-refractivity contribution < 1.29 is 0 Å². The Balaban J connectivity index is 2.00. The van der Waals surface area contributed by atoms with Crippen molar-refractivity contribution >= 4 is 15.9 Å². The number of nitrogens with one attached hydrogen (secondary N) is 1. The zero-order valence-corrected chi connectivity index (χ0v) is 10.6. The summed E-state index contributed by atoms with van der Waals surface area (Å²) >= 11 is 3.49. The molecule has 0 aliphatic heterocycles. The van der Waals surface area contributed by atoms with Crippen LogP contribution in [0.1, 0.15) is 30.1 Å². The summed E-state index contributed by atoms with van der Waals surface area (Å²) in [7, 11) is 0. The maximum absolute atomic E-state index is 4.54. The van der Waals surface area contributed by atoms with E-state index in [4.69, 9.17) is 0 Å². The smallest absolute Gasteiger partial charge is 0.181 e. The Morgan fingerprint density at radius 2 is 2.12 bits per heavy atom. The van der Waals surface area contributed by atoms with E-state index in [1.54, 1.807) is 0 Å². The van der Waals surface area contributed by atoms with Gasteiger partial charge in [-0.25, -0.2) is 4.98 Å². The second-order valence-corrected chi connectivity index (χ2v) is 5.25. The molecule has 82 valence electrons. The van der Waals surface area contributed by atoms with E-state index in [2.05, 4.69) is 50.2 Å². The Morgan fingerprint density at radius 1 is 1.31 bits per heavy atom. The summed E-state index contributed by atoms with van der Waals surface area (Å²) in [6, 6.07) is 6.23.